The number of rotatable bonds is 5. The van der Waals surface area contributed by atoms with Crippen molar-refractivity contribution < 1.29 is 11.3 Å². The summed E-state index contributed by atoms with van der Waals surface area (Å²) in [6, 6.07) is 43.6. The molecule has 10 rings (SSSR count). The summed E-state index contributed by atoms with van der Waals surface area (Å²) < 4.78 is 51.2. The first-order valence-electron chi connectivity index (χ1n) is 18.8. The Hall–Kier alpha value is -6.85. The molecule has 0 saturated heterocycles. The first-order valence-corrected chi connectivity index (χ1v) is 16.3. The van der Waals surface area contributed by atoms with Crippen LogP contribution >= 0.6 is 0 Å². The van der Waals surface area contributed by atoms with Crippen molar-refractivity contribution in [3.05, 3.63) is 170 Å². The lowest BCUT2D eigenvalue weighted by molar-refractivity contribution is 0.670. The van der Waals surface area contributed by atoms with Crippen LogP contribution in [0.15, 0.2) is 174 Å². The van der Waals surface area contributed by atoms with E-state index in [-0.39, 0.29) is 29.7 Å². The number of nitrogens with zero attached hydrogens (tertiary/aromatic N) is 4. The normalized spacial score (nSPS) is 13.0. The van der Waals surface area contributed by atoms with E-state index in [2.05, 4.69) is 24.3 Å². The second kappa shape index (κ2) is 11.4. The first kappa shape index (κ1) is 23.5. The molecule has 0 bridgehead atoms. The lowest BCUT2D eigenvalue weighted by Crippen LogP contribution is -2.06. The Kier molecular flexibility index (Phi) is 5.35. The van der Waals surface area contributed by atoms with Gasteiger partial charge in [-0.25, -0.2) is 4.98 Å². The Morgan fingerprint density at radius 1 is 0.460 bits per heavy atom. The van der Waals surface area contributed by atoms with E-state index >= 15 is 0 Å². The summed E-state index contributed by atoms with van der Waals surface area (Å²) in [5.41, 5.74) is 7.26. The summed E-state index contributed by atoms with van der Waals surface area (Å²) in [7, 11) is 0. The van der Waals surface area contributed by atoms with E-state index in [9.17, 15) is 0 Å². The van der Waals surface area contributed by atoms with Gasteiger partial charge in [0.05, 0.1) is 17.9 Å². The molecule has 5 heteroatoms. The highest BCUT2D eigenvalue weighted by Gasteiger charge is 2.22. The van der Waals surface area contributed by atoms with Crippen molar-refractivity contribution in [3.63, 3.8) is 0 Å². The summed E-state index contributed by atoms with van der Waals surface area (Å²) >= 11 is 0. The predicted molar refractivity (Wildman–Crippen MR) is 203 cm³/mol. The largest absolute Gasteiger partial charge is 0.455 e. The molecule has 10 aromatic rings. The van der Waals surface area contributed by atoms with Gasteiger partial charge in [-0.05, 0) is 34.9 Å². The molecule has 0 amide bonds. The average Bonchev–Trinajstić information content (AvgIpc) is 3.79. The number of hydrogen-bond donors (Lipinski definition) is 0. The Morgan fingerprint density at radius 2 is 1.10 bits per heavy atom. The van der Waals surface area contributed by atoms with E-state index in [1.54, 1.807) is 6.07 Å². The van der Waals surface area contributed by atoms with Crippen LogP contribution in [0.1, 0.15) is 6.85 Å². The van der Waals surface area contributed by atoms with E-state index in [0.29, 0.717) is 34.3 Å². The Morgan fingerprint density at radius 3 is 1.94 bits per heavy atom. The number of benzene rings is 7. The number of aromatic nitrogens is 4. The van der Waals surface area contributed by atoms with Crippen molar-refractivity contribution in [2.45, 2.75) is 0 Å². The molecule has 50 heavy (non-hydrogen) atoms. The fourth-order valence-electron chi connectivity index (χ4n) is 7.01. The molecule has 3 heterocycles. The summed E-state index contributed by atoms with van der Waals surface area (Å²) in [5.74, 6) is 1.29. The summed E-state index contributed by atoms with van der Waals surface area (Å²) in [6.07, 6.45) is 0. The van der Waals surface area contributed by atoms with Gasteiger partial charge < -0.3 is 4.42 Å². The predicted octanol–water partition coefficient (Wildman–Crippen LogP) is 11.5. The maximum Gasteiger partial charge on any atom is 0.238 e. The van der Waals surface area contributed by atoms with Gasteiger partial charge in [-0.1, -0.05) is 152 Å². The molecule has 234 valence electrons. The fraction of sp³-hybridized carbons (Fsp3) is 0. The molecule has 0 aliphatic carbocycles. The van der Waals surface area contributed by atoms with Crippen molar-refractivity contribution in [2.75, 3.05) is 0 Å². The molecule has 0 aliphatic heterocycles. The van der Waals surface area contributed by atoms with Gasteiger partial charge in [0.15, 0.2) is 11.6 Å². The average molecular weight is 646 g/mol. The third-order valence-corrected chi connectivity index (χ3v) is 9.17. The maximum atomic E-state index is 8.83. The van der Waals surface area contributed by atoms with Crippen LogP contribution in [-0.2, 0) is 0 Å². The summed E-state index contributed by atoms with van der Waals surface area (Å²) in [5, 5.41) is 3.36. The molecule has 0 saturated carbocycles. The number of para-hydroxylation sites is 2. The Bertz CT molecular complexity index is 3130. The van der Waals surface area contributed by atoms with Crippen LogP contribution in [0.2, 0.25) is 0 Å². The zero-order chi connectivity index (χ0) is 37.4. The van der Waals surface area contributed by atoms with E-state index < -0.39 is 6.04 Å². The highest BCUT2D eigenvalue weighted by molar-refractivity contribution is 6.16. The highest BCUT2D eigenvalue weighted by Crippen LogP contribution is 2.41. The van der Waals surface area contributed by atoms with Crippen LogP contribution in [0, 0.1) is 0 Å². The monoisotopic (exact) mass is 645 g/mol. The topological polar surface area (TPSA) is 56.7 Å². The molecular formula is C45H28N4O. The van der Waals surface area contributed by atoms with E-state index in [1.165, 1.54) is 0 Å². The van der Waals surface area contributed by atoms with Crippen LogP contribution in [0.4, 0.5) is 0 Å². The van der Waals surface area contributed by atoms with Gasteiger partial charge in [-0.15, -0.1) is 0 Å². The molecule has 0 unspecified atom stereocenters. The van der Waals surface area contributed by atoms with Gasteiger partial charge in [0, 0.05) is 38.2 Å². The van der Waals surface area contributed by atoms with Gasteiger partial charge >= 0.3 is 0 Å². The van der Waals surface area contributed by atoms with Gasteiger partial charge in [0.25, 0.3) is 0 Å². The minimum absolute atomic E-state index is 0.134. The third kappa shape index (κ3) is 4.45. The molecule has 0 spiro atoms. The lowest BCUT2D eigenvalue weighted by Gasteiger charge is -2.11. The van der Waals surface area contributed by atoms with Gasteiger partial charge in [0.1, 0.15) is 11.2 Å². The van der Waals surface area contributed by atoms with Crippen molar-refractivity contribution >= 4 is 43.7 Å². The molecule has 0 atom stereocenters. The van der Waals surface area contributed by atoms with E-state index in [4.69, 9.17) is 26.2 Å². The number of furan rings is 1. The molecule has 0 fully saturated rings. The van der Waals surface area contributed by atoms with Crippen LogP contribution in [0.5, 0.6) is 0 Å². The van der Waals surface area contributed by atoms with Crippen LogP contribution in [-0.4, -0.2) is 19.5 Å². The van der Waals surface area contributed by atoms with Crippen LogP contribution in [0.25, 0.3) is 94.7 Å². The van der Waals surface area contributed by atoms with Crippen molar-refractivity contribution in [3.8, 4) is 51.0 Å². The minimum atomic E-state index is -0.434. The maximum absolute atomic E-state index is 8.83. The third-order valence-electron chi connectivity index (χ3n) is 9.17. The second-order valence-electron chi connectivity index (χ2n) is 12.0. The van der Waals surface area contributed by atoms with Crippen LogP contribution in [0.3, 0.4) is 0 Å². The van der Waals surface area contributed by atoms with Gasteiger partial charge in [0.2, 0.25) is 5.95 Å². The SMILES string of the molecule is [2H]c1c([2H])c([2H])c(-c2cccc3c2c2ccccc2n3-c2nc(-c3ccccc3)nc(-c3cccc4oc5c(-c6ccccc6)cccc5c34)n2)c([2H])c1[2H]. The fourth-order valence-corrected chi connectivity index (χ4v) is 7.01. The quantitative estimate of drug-likeness (QED) is 0.187. The number of hydrogen-bond acceptors (Lipinski definition) is 4. The van der Waals surface area contributed by atoms with E-state index in [1.807, 2.05) is 114 Å². The smallest absolute Gasteiger partial charge is 0.238 e. The zero-order valence-corrected chi connectivity index (χ0v) is 26.5. The van der Waals surface area contributed by atoms with Crippen LogP contribution < -0.4 is 0 Å². The standard InChI is InChI=1S/C45H28N4O/c1-4-15-29(16-5-1)32-22-13-27-38-40(32)34-21-10-11-26-37(34)49(38)45-47-43(31-19-8-3-9-20-31)46-44(48-45)36-25-14-28-39-41(36)35-24-12-23-33(42(35)50-39)30-17-6-2-7-18-30/h1-28H/i1D,4D,5D,15D,16D. The zero-order valence-electron chi connectivity index (χ0n) is 31.5. The van der Waals surface area contributed by atoms with Crippen molar-refractivity contribution in [1.29, 1.82) is 0 Å². The summed E-state index contributed by atoms with van der Waals surface area (Å²) in [6.45, 7) is 0. The summed E-state index contributed by atoms with van der Waals surface area (Å²) in [4.78, 5) is 15.4. The molecule has 0 aliphatic rings. The molecule has 7 aromatic carbocycles. The molecule has 5 nitrogen and oxygen atoms in total. The highest BCUT2D eigenvalue weighted by atomic mass is 16.3. The molecule has 3 aromatic heterocycles. The van der Waals surface area contributed by atoms with E-state index in [0.717, 1.165) is 54.9 Å². The second-order valence-corrected chi connectivity index (χ2v) is 12.0. The van der Waals surface area contributed by atoms with Gasteiger partial charge in [-0.2, -0.15) is 9.97 Å². The lowest BCUT2D eigenvalue weighted by atomic mass is 9.99. The van der Waals surface area contributed by atoms with Crippen molar-refractivity contribution in [1.82, 2.24) is 19.5 Å². The van der Waals surface area contributed by atoms with Crippen molar-refractivity contribution in [2.24, 2.45) is 0 Å². The molecule has 0 radical (unpaired) electrons. The minimum Gasteiger partial charge on any atom is -0.455 e. The molecular weight excluding hydrogens is 613 g/mol. The van der Waals surface area contributed by atoms with Gasteiger partial charge in [-0.3, -0.25) is 4.57 Å². The first-order chi connectivity index (χ1) is 26.9. The number of fused-ring (bicyclic) bond motifs is 6. The Balaban J connectivity index is 1.27. The Labute approximate surface area is 294 Å². The molecule has 0 N–H and O–H groups in total.